The molecule has 82 valence electrons. The SMILES string of the molecule is Cc1cc(C(=O)COC(C)C)ccc1Cl. The van der Waals surface area contributed by atoms with Crippen LogP contribution < -0.4 is 0 Å². The molecule has 0 amide bonds. The Bertz CT molecular complexity index is 359. The molecule has 0 aliphatic heterocycles. The standard InChI is InChI=1S/C12H15ClO2/c1-8(2)15-7-12(14)10-4-5-11(13)9(3)6-10/h4-6,8H,7H2,1-3H3. The van der Waals surface area contributed by atoms with Crippen LogP contribution in [0.2, 0.25) is 5.02 Å². The topological polar surface area (TPSA) is 26.3 Å². The molecule has 0 bridgehead atoms. The third-order valence-electron chi connectivity index (χ3n) is 2.03. The van der Waals surface area contributed by atoms with Gasteiger partial charge in [0.15, 0.2) is 5.78 Å². The quantitative estimate of drug-likeness (QED) is 0.737. The van der Waals surface area contributed by atoms with E-state index in [9.17, 15) is 4.79 Å². The largest absolute Gasteiger partial charge is 0.371 e. The fourth-order valence-electron chi connectivity index (χ4n) is 1.14. The van der Waals surface area contributed by atoms with Crippen molar-refractivity contribution in [2.75, 3.05) is 6.61 Å². The molecule has 0 aliphatic carbocycles. The molecule has 0 fully saturated rings. The molecule has 15 heavy (non-hydrogen) atoms. The summed E-state index contributed by atoms with van der Waals surface area (Å²) < 4.78 is 5.25. The van der Waals surface area contributed by atoms with E-state index in [1.807, 2.05) is 20.8 Å². The highest BCUT2D eigenvalue weighted by Gasteiger charge is 2.08. The second kappa shape index (κ2) is 5.29. The lowest BCUT2D eigenvalue weighted by Crippen LogP contribution is -2.13. The van der Waals surface area contributed by atoms with Crippen LogP contribution in [0.15, 0.2) is 18.2 Å². The molecule has 0 spiro atoms. The smallest absolute Gasteiger partial charge is 0.188 e. The van der Waals surface area contributed by atoms with E-state index in [0.29, 0.717) is 10.6 Å². The summed E-state index contributed by atoms with van der Waals surface area (Å²) in [6.07, 6.45) is 0.0716. The fraction of sp³-hybridized carbons (Fsp3) is 0.417. The van der Waals surface area contributed by atoms with Crippen molar-refractivity contribution in [1.82, 2.24) is 0 Å². The predicted molar refractivity (Wildman–Crippen MR) is 61.6 cm³/mol. The van der Waals surface area contributed by atoms with Gasteiger partial charge in [0.1, 0.15) is 6.61 Å². The second-order valence-corrected chi connectivity index (χ2v) is 4.15. The molecule has 0 N–H and O–H groups in total. The minimum absolute atomic E-state index is 0.0107. The normalized spacial score (nSPS) is 10.7. The number of benzene rings is 1. The third kappa shape index (κ3) is 3.65. The number of halogens is 1. The highest BCUT2D eigenvalue weighted by Crippen LogP contribution is 2.16. The van der Waals surface area contributed by atoms with Crippen LogP contribution in [0, 0.1) is 6.92 Å². The van der Waals surface area contributed by atoms with Crippen molar-refractivity contribution in [3.05, 3.63) is 34.3 Å². The van der Waals surface area contributed by atoms with E-state index >= 15 is 0 Å². The van der Waals surface area contributed by atoms with E-state index in [1.54, 1.807) is 18.2 Å². The lowest BCUT2D eigenvalue weighted by atomic mass is 10.1. The molecule has 0 radical (unpaired) electrons. The molecule has 0 saturated carbocycles. The van der Waals surface area contributed by atoms with Crippen LogP contribution in [0.5, 0.6) is 0 Å². The summed E-state index contributed by atoms with van der Waals surface area (Å²) in [5, 5.41) is 0.677. The van der Waals surface area contributed by atoms with E-state index in [1.165, 1.54) is 0 Å². The second-order valence-electron chi connectivity index (χ2n) is 3.75. The molecule has 0 aliphatic rings. The molecule has 0 unspecified atom stereocenters. The summed E-state index contributed by atoms with van der Waals surface area (Å²) in [6.45, 7) is 5.81. The van der Waals surface area contributed by atoms with Gasteiger partial charge in [0.25, 0.3) is 0 Å². The first kappa shape index (κ1) is 12.2. The predicted octanol–water partition coefficient (Wildman–Crippen LogP) is 3.26. The number of carbonyl (C=O) groups excluding carboxylic acids is 1. The third-order valence-corrected chi connectivity index (χ3v) is 2.45. The van der Waals surface area contributed by atoms with E-state index < -0.39 is 0 Å². The molecule has 1 aromatic rings. The van der Waals surface area contributed by atoms with E-state index in [0.717, 1.165) is 5.56 Å². The maximum atomic E-state index is 11.6. The van der Waals surface area contributed by atoms with Crippen molar-refractivity contribution in [2.24, 2.45) is 0 Å². The number of Topliss-reactive ketones (excluding diaryl/α,β-unsaturated/α-hetero) is 1. The first-order chi connectivity index (χ1) is 7.00. The van der Waals surface area contributed by atoms with Gasteiger partial charge in [-0.3, -0.25) is 4.79 Å². The first-order valence-corrected chi connectivity index (χ1v) is 5.29. The molecular weight excluding hydrogens is 212 g/mol. The minimum atomic E-state index is -0.0107. The Labute approximate surface area is 95.2 Å². The summed E-state index contributed by atoms with van der Waals surface area (Å²) in [6, 6.07) is 5.25. The number of ketones is 1. The van der Waals surface area contributed by atoms with E-state index in [-0.39, 0.29) is 18.5 Å². The lowest BCUT2D eigenvalue weighted by molar-refractivity contribution is 0.0585. The molecule has 1 rings (SSSR count). The Balaban J connectivity index is 2.70. The van der Waals surface area contributed by atoms with Crippen molar-refractivity contribution in [3.8, 4) is 0 Å². The molecule has 3 heteroatoms. The Morgan fingerprint density at radius 1 is 1.47 bits per heavy atom. The van der Waals surface area contributed by atoms with Crippen molar-refractivity contribution in [3.63, 3.8) is 0 Å². The zero-order valence-corrected chi connectivity index (χ0v) is 9.97. The van der Waals surface area contributed by atoms with Crippen molar-refractivity contribution in [2.45, 2.75) is 26.9 Å². The minimum Gasteiger partial charge on any atom is -0.371 e. The van der Waals surface area contributed by atoms with Gasteiger partial charge in [-0.1, -0.05) is 11.6 Å². The number of hydrogen-bond donors (Lipinski definition) is 0. The summed E-state index contributed by atoms with van der Waals surface area (Å²) in [5.74, 6) is -0.0107. The summed E-state index contributed by atoms with van der Waals surface area (Å²) >= 11 is 5.87. The van der Waals surface area contributed by atoms with Gasteiger partial charge in [-0.05, 0) is 44.5 Å². The first-order valence-electron chi connectivity index (χ1n) is 4.91. The van der Waals surface area contributed by atoms with Crippen LogP contribution in [0.4, 0.5) is 0 Å². The van der Waals surface area contributed by atoms with Gasteiger partial charge in [-0.15, -0.1) is 0 Å². The lowest BCUT2D eigenvalue weighted by Gasteiger charge is -2.07. The Morgan fingerprint density at radius 2 is 2.13 bits per heavy atom. The molecular formula is C12H15ClO2. The van der Waals surface area contributed by atoms with E-state index in [2.05, 4.69) is 0 Å². The summed E-state index contributed by atoms with van der Waals surface area (Å²) in [7, 11) is 0. The van der Waals surface area contributed by atoms with Crippen molar-refractivity contribution >= 4 is 17.4 Å². The maximum Gasteiger partial charge on any atom is 0.188 e. The Hall–Kier alpha value is -0.860. The number of aryl methyl sites for hydroxylation is 1. The van der Waals surface area contributed by atoms with Crippen molar-refractivity contribution < 1.29 is 9.53 Å². The number of hydrogen-bond acceptors (Lipinski definition) is 2. The van der Waals surface area contributed by atoms with Crippen LogP contribution in [0.3, 0.4) is 0 Å². The molecule has 0 heterocycles. The van der Waals surface area contributed by atoms with Gasteiger partial charge >= 0.3 is 0 Å². The van der Waals surface area contributed by atoms with E-state index in [4.69, 9.17) is 16.3 Å². The van der Waals surface area contributed by atoms with Crippen LogP contribution >= 0.6 is 11.6 Å². The van der Waals surface area contributed by atoms with Crippen LogP contribution in [0.25, 0.3) is 0 Å². The molecule has 0 atom stereocenters. The van der Waals surface area contributed by atoms with Gasteiger partial charge in [0.2, 0.25) is 0 Å². The number of carbonyl (C=O) groups is 1. The van der Waals surface area contributed by atoms with Crippen molar-refractivity contribution in [1.29, 1.82) is 0 Å². The zero-order chi connectivity index (χ0) is 11.4. The van der Waals surface area contributed by atoms with Crippen LogP contribution in [-0.4, -0.2) is 18.5 Å². The van der Waals surface area contributed by atoms with Gasteiger partial charge in [0, 0.05) is 10.6 Å². The summed E-state index contributed by atoms with van der Waals surface area (Å²) in [5.41, 5.74) is 1.56. The monoisotopic (exact) mass is 226 g/mol. The molecule has 0 aromatic heterocycles. The highest BCUT2D eigenvalue weighted by molar-refractivity contribution is 6.31. The number of ether oxygens (including phenoxy) is 1. The Morgan fingerprint density at radius 3 is 2.67 bits per heavy atom. The van der Waals surface area contributed by atoms with Gasteiger partial charge in [0.05, 0.1) is 6.10 Å². The van der Waals surface area contributed by atoms with Gasteiger partial charge < -0.3 is 4.74 Å². The highest BCUT2D eigenvalue weighted by atomic mass is 35.5. The van der Waals surface area contributed by atoms with Gasteiger partial charge in [-0.2, -0.15) is 0 Å². The molecule has 1 aromatic carbocycles. The fourth-order valence-corrected chi connectivity index (χ4v) is 1.26. The zero-order valence-electron chi connectivity index (χ0n) is 9.21. The van der Waals surface area contributed by atoms with Gasteiger partial charge in [-0.25, -0.2) is 0 Å². The molecule has 2 nitrogen and oxygen atoms in total. The average Bonchev–Trinajstić information content (AvgIpc) is 2.18. The number of rotatable bonds is 4. The van der Waals surface area contributed by atoms with Crippen LogP contribution in [-0.2, 0) is 4.74 Å². The molecule has 0 saturated heterocycles. The average molecular weight is 227 g/mol. The Kier molecular flexibility index (Phi) is 4.30. The maximum absolute atomic E-state index is 11.6. The summed E-state index contributed by atoms with van der Waals surface area (Å²) in [4.78, 5) is 11.6. The van der Waals surface area contributed by atoms with Crippen LogP contribution in [0.1, 0.15) is 29.8 Å².